The first-order valence-corrected chi connectivity index (χ1v) is 6.81. The number of carbonyl (C=O) groups is 1. The molecule has 1 aromatic heterocycles. The molecule has 0 radical (unpaired) electrons. The maximum Gasteiger partial charge on any atom is 0.307 e. The normalized spacial score (nSPS) is 12.7. The number of carboxylic acid groups (broad SMARTS) is 1. The molecular weight excluding hydrogens is 252 g/mol. The topological polar surface area (TPSA) is 72.2 Å². The van der Waals surface area contributed by atoms with Crippen LogP contribution in [0.4, 0.5) is 0 Å². The number of hydrogen-bond donors (Lipinski definition) is 1. The minimum absolute atomic E-state index is 0.145. The van der Waals surface area contributed by atoms with Crippen molar-refractivity contribution >= 4 is 17.7 Å². The van der Waals surface area contributed by atoms with Gasteiger partial charge in [0.1, 0.15) is 0 Å². The van der Waals surface area contributed by atoms with Crippen LogP contribution in [-0.4, -0.2) is 26.4 Å². The Morgan fingerprint density at radius 2 is 2.17 bits per heavy atom. The second-order valence-electron chi connectivity index (χ2n) is 4.63. The first-order valence-electron chi connectivity index (χ1n) is 5.83. The minimum Gasteiger partial charge on any atom is -0.481 e. The van der Waals surface area contributed by atoms with E-state index in [0.29, 0.717) is 23.2 Å². The third kappa shape index (κ3) is 4.18. The summed E-state index contributed by atoms with van der Waals surface area (Å²) in [5.74, 6) is -0.625. The summed E-state index contributed by atoms with van der Waals surface area (Å²) in [6.07, 6.45) is 3.24. The van der Waals surface area contributed by atoms with Crippen LogP contribution in [0.5, 0.6) is 0 Å². The zero-order valence-corrected chi connectivity index (χ0v) is 11.6. The van der Waals surface area contributed by atoms with E-state index in [2.05, 4.69) is 4.98 Å². The first kappa shape index (κ1) is 14.8. The fourth-order valence-electron chi connectivity index (χ4n) is 1.34. The number of aromatic nitrogens is 2. The number of aliphatic carboxylic acids is 1. The maximum absolute atomic E-state index is 12.0. The van der Waals surface area contributed by atoms with Gasteiger partial charge < -0.3 is 9.67 Å². The highest BCUT2D eigenvalue weighted by atomic mass is 32.2. The van der Waals surface area contributed by atoms with Gasteiger partial charge in [-0.3, -0.25) is 9.59 Å². The van der Waals surface area contributed by atoms with Gasteiger partial charge in [0.2, 0.25) is 0 Å². The first-order chi connectivity index (χ1) is 8.41. The predicted octanol–water partition coefficient (Wildman–Crippen LogP) is 1.71. The van der Waals surface area contributed by atoms with E-state index < -0.39 is 11.9 Å². The van der Waals surface area contributed by atoms with Gasteiger partial charge in [-0.15, -0.1) is 0 Å². The van der Waals surface area contributed by atoms with E-state index in [1.54, 1.807) is 23.9 Å². The highest BCUT2D eigenvalue weighted by molar-refractivity contribution is 7.99. The van der Waals surface area contributed by atoms with E-state index >= 15 is 0 Å². The molecule has 0 saturated carbocycles. The molecule has 0 aliphatic heterocycles. The van der Waals surface area contributed by atoms with E-state index in [1.807, 2.05) is 13.8 Å². The molecule has 0 saturated heterocycles. The Morgan fingerprint density at radius 1 is 1.50 bits per heavy atom. The molecule has 1 unspecified atom stereocenters. The van der Waals surface area contributed by atoms with Crippen LogP contribution in [0.3, 0.4) is 0 Å². The smallest absolute Gasteiger partial charge is 0.307 e. The number of carboxylic acids is 1. The Labute approximate surface area is 110 Å². The van der Waals surface area contributed by atoms with E-state index in [0.717, 1.165) is 0 Å². The summed E-state index contributed by atoms with van der Waals surface area (Å²) in [5, 5.41) is 9.15. The fourth-order valence-corrected chi connectivity index (χ4v) is 2.27. The van der Waals surface area contributed by atoms with Crippen molar-refractivity contribution in [1.29, 1.82) is 0 Å². The molecule has 1 atom stereocenters. The molecule has 0 amide bonds. The fraction of sp³-hybridized carbons (Fsp3) is 0.583. The van der Waals surface area contributed by atoms with Crippen molar-refractivity contribution in [3.05, 3.63) is 22.7 Å². The van der Waals surface area contributed by atoms with Crippen LogP contribution in [-0.2, 0) is 11.3 Å². The van der Waals surface area contributed by atoms with Gasteiger partial charge in [-0.1, -0.05) is 32.5 Å². The van der Waals surface area contributed by atoms with Crippen molar-refractivity contribution in [1.82, 2.24) is 9.55 Å². The largest absolute Gasteiger partial charge is 0.481 e. The molecule has 6 heteroatoms. The van der Waals surface area contributed by atoms with Crippen molar-refractivity contribution in [2.75, 3.05) is 5.75 Å². The van der Waals surface area contributed by atoms with Gasteiger partial charge in [-0.2, -0.15) is 0 Å². The van der Waals surface area contributed by atoms with Crippen molar-refractivity contribution < 1.29 is 9.90 Å². The highest BCUT2D eigenvalue weighted by Crippen LogP contribution is 2.15. The highest BCUT2D eigenvalue weighted by Gasteiger charge is 2.13. The average Bonchev–Trinajstić information content (AvgIpc) is 2.29. The van der Waals surface area contributed by atoms with Crippen molar-refractivity contribution in [2.24, 2.45) is 11.8 Å². The maximum atomic E-state index is 12.0. The third-order valence-corrected chi connectivity index (χ3v) is 3.56. The van der Waals surface area contributed by atoms with Crippen LogP contribution in [0.25, 0.3) is 0 Å². The molecule has 18 heavy (non-hydrogen) atoms. The minimum atomic E-state index is -0.860. The third-order valence-electron chi connectivity index (χ3n) is 2.34. The molecule has 5 nitrogen and oxygen atoms in total. The van der Waals surface area contributed by atoms with Gasteiger partial charge >= 0.3 is 5.97 Å². The number of rotatable bonds is 6. The summed E-state index contributed by atoms with van der Waals surface area (Å²) in [6.45, 7) is 6.33. The zero-order valence-electron chi connectivity index (χ0n) is 10.8. The van der Waals surface area contributed by atoms with Crippen LogP contribution in [0.15, 0.2) is 22.2 Å². The summed E-state index contributed by atoms with van der Waals surface area (Å²) in [4.78, 5) is 26.7. The lowest BCUT2D eigenvalue weighted by atomic mass is 10.2. The lowest BCUT2D eigenvalue weighted by Gasteiger charge is -2.10. The Hall–Kier alpha value is -1.30. The van der Waals surface area contributed by atoms with Gasteiger partial charge in [0.25, 0.3) is 5.56 Å². The van der Waals surface area contributed by atoms with Crippen molar-refractivity contribution in [3.8, 4) is 0 Å². The van der Waals surface area contributed by atoms with Gasteiger partial charge in [0, 0.05) is 24.7 Å². The molecule has 0 aliphatic carbocycles. The van der Waals surface area contributed by atoms with Gasteiger partial charge in [0.05, 0.1) is 5.92 Å². The van der Waals surface area contributed by atoms with E-state index in [4.69, 9.17) is 5.11 Å². The van der Waals surface area contributed by atoms with Crippen molar-refractivity contribution in [3.63, 3.8) is 0 Å². The van der Waals surface area contributed by atoms with E-state index in [1.165, 1.54) is 11.8 Å². The summed E-state index contributed by atoms with van der Waals surface area (Å²) in [6, 6.07) is 0. The summed E-state index contributed by atoms with van der Waals surface area (Å²) in [5.41, 5.74) is -0.145. The van der Waals surface area contributed by atoms with Crippen LogP contribution in [0.2, 0.25) is 0 Å². The average molecular weight is 270 g/mol. The van der Waals surface area contributed by atoms with Gasteiger partial charge in [-0.25, -0.2) is 4.98 Å². The number of nitrogens with zero attached hydrogens (tertiary/aromatic N) is 2. The molecule has 1 aromatic rings. The molecule has 1 rings (SSSR count). The van der Waals surface area contributed by atoms with E-state index in [-0.39, 0.29) is 5.56 Å². The lowest BCUT2D eigenvalue weighted by Crippen LogP contribution is -2.24. The second-order valence-corrected chi connectivity index (χ2v) is 5.64. The van der Waals surface area contributed by atoms with Gasteiger partial charge in [0.15, 0.2) is 5.03 Å². The Bertz CT molecular complexity index is 471. The second kappa shape index (κ2) is 6.58. The molecule has 0 aliphatic rings. The Morgan fingerprint density at radius 3 is 2.72 bits per heavy atom. The monoisotopic (exact) mass is 270 g/mol. The van der Waals surface area contributed by atoms with Crippen LogP contribution >= 0.6 is 11.8 Å². The van der Waals surface area contributed by atoms with Crippen LogP contribution in [0.1, 0.15) is 20.8 Å². The van der Waals surface area contributed by atoms with Crippen LogP contribution < -0.4 is 5.56 Å². The van der Waals surface area contributed by atoms with Crippen molar-refractivity contribution in [2.45, 2.75) is 32.3 Å². The zero-order chi connectivity index (χ0) is 13.7. The Kier molecular flexibility index (Phi) is 5.40. The van der Waals surface area contributed by atoms with E-state index in [9.17, 15) is 9.59 Å². The quantitative estimate of drug-likeness (QED) is 0.797. The molecule has 0 spiro atoms. The molecule has 100 valence electrons. The summed E-state index contributed by atoms with van der Waals surface area (Å²) >= 11 is 1.20. The molecule has 0 aromatic carbocycles. The lowest BCUT2D eigenvalue weighted by molar-refractivity contribution is -0.140. The molecule has 1 heterocycles. The standard InChI is InChI=1S/C12H18N2O3S/c1-8(2)6-14-5-4-13-10(11(14)15)18-7-9(3)12(16)17/h4-5,8-9H,6-7H2,1-3H3,(H,16,17). The summed E-state index contributed by atoms with van der Waals surface area (Å²) < 4.78 is 1.62. The number of thioether (sulfide) groups is 1. The SMILES string of the molecule is CC(C)Cn1ccnc(SCC(C)C(=O)O)c1=O. The van der Waals surface area contributed by atoms with Gasteiger partial charge in [-0.05, 0) is 5.92 Å². The molecule has 0 bridgehead atoms. The summed E-state index contributed by atoms with van der Waals surface area (Å²) in [7, 11) is 0. The molecular formula is C12H18N2O3S. The predicted molar refractivity (Wildman–Crippen MR) is 70.9 cm³/mol. The molecule has 1 N–H and O–H groups in total. The number of hydrogen-bond acceptors (Lipinski definition) is 4. The molecule has 0 fully saturated rings. The Balaban J connectivity index is 2.78. The van der Waals surface area contributed by atoms with Crippen LogP contribution in [0, 0.1) is 11.8 Å².